The number of rotatable bonds is 8. The van der Waals surface area contributed by atoms with E-state index < -0.39 is 5.54 Å². The molecule has 4 nitrogen and oxygen atoms in total. The van der Waals surface area contributed by atoms with E-state index in [0.29, 0.717) is 6.04 Å². The van der Waals surface area contributed by atoms with Crippen LogP contribution in [0.2, 0.25) is 0 Å². The van der Waals surface area contributed by atoms with Gasteiger partial charge in [0.2, 0.25) is 5.91 Å². The highest BCUT2D eigenvalue weighted by Crippen LogP contribution is 2.14. The fourth-order valence-corrected chi connectivity index (χ4v) is 1.84. The SMILES string of the molecule is CC(C)NC(C)(CCCN(C)C(C)C)C(N)=O. The second-order valence-corrected chi connectivity index (χ2v) is 5.67. The number of carbonyl (C=O) groups excluding carboxylic acids is 1. The van der Waals surface area contributed by atoms with Crippen molar-refractivity contribution in [3.05, 3.63) is 0 Å². The molecule has 0 fully saturated rings. The maximum absolute atomic E-state index is 11.5. The van der Waals surface area contributed by atoms with E-state index >= 15 is 0 Å². The fraction of sp³-hybridized carbons (Fsp3) is 0.923. The molecule has 1 unspecified atom stereocenters. The van der Waals surface area contributed by atoms with Gasteiger partial charge < -0.3 is 16.0 Å². The van der Waals surface area contributed by atoms with Gasteiger partial charge in [-0.1, -0.05) is 0 Å². The molecule has 0 saturated heterocycles. The van der Waals surface area contributed by atoms with Crippen molar-refractivity contribution in [2.75, 3.05) is 13.6 Å². The predicted octanol–water partition coefficient (Wildman–Crippen LogP) is 1.35. The monoisotopic (exact) mass is 243 g/mol. The smallest absolute Gasteiger partial charge is 0.237 e. The zero-order valence-electron chi connectivity index (χ0n) is 12.2. The molecular weight excluding hydrogens is 214 g/mol. The summed E-state index contributed by atoms with van der Waals surface area (Å²) in [7, 11) is 2.10. The Morgan fingerprint density at radius 2 is 1.88 bits per heavy atom. The molecule has 0 aromatic carbocycles. The van der Waals surface area contributed by atoms with Gasteiger partial charge in [0, 0.05) is 12.1 Å². The standard InChI is InChI=1S/C13H29N3O/c1-10(2)15-13(5,12(14)17)8-7-9-16(6)11(3)4/h10-11,15H,7-9H2,1-6H3,(H2,14,17). The maximum atomic E-state index is 11.5. The van der Waals surface area contributed by atoms with Gasteiger partial charge in [-0.25, -0.2) is 0 Å². The highest BCUT2D eigenvalue weighted by atomic mass is 16.1. The van der Waals surface area contributed by atoms with Crippen molar-refractivity contribution in [1.82, 2.24) is 10.2 Å². The molecule has 0 aliphatic rings. The van der Waals surface area contributed by atoms with Crippen LogP contribution in [0.4, 0.5) is 0 Å². The Kier molecular flexibility index (Phi) is 6.72. The molecule has 4 heteroatoms. The van der Waals surface area contributed by atoms with Gasteiger partial charge in [-0.2, -0.15) is 0 Å². The van der Waals surface area contributed by atoms with Crippen molar-refractivity contribution < 1.29 is 4.79 Å². The van der Waals surface area contributed by atoms with Gasteiger partial charge in [0.05, 0.1) is 5.54 Å². The minimum Gasteiger partial charge on any atom is -0.368 e. The van der Waals surface area contributed by atoms with Gasteiger partial charge >= 0.3 is 0 Å². The summed E-state index contributed by atoms with van der Waals surface area (Å²) in [5.41, 5.74) is 4.89. The lowest BCUT2D eigenvalue weighted by atomic mass is 9.93. The van der Waals surface area contributed by atoms with E-state index in [9.17, 15) is 4.79 Å². The van der Waals surface area contributed by atoms with Crippen LogP contribution in [0.15, 0.2) is 0 Å². The molecule has 0 aromatic rings. The summed E-state index contributed by atoms with van der Waals surface area (Å²) in [5, 5.41) is 3.27. The summed E-state index contributed by atoms with van der Waals surface area (Å²) in [5.74, 6) is -0.265. The molecule has 1 amide bonds. The quantitative estimate of drug-likeness (QED) is 0.676. The molecular formula is C13H29N3O. The summed E-state index contributed by atoms with van der Waals surface area (Å²) in [4.78, 5) is 13.8. The molecule has 0 bridgehead atoms. The first-order chi connectivity index (χ1) is 7.69. The van der Waals surface area contributed by atoms with Gasteiger partial charge in [-0.05, 0) is 61.1 Å². The highest BCUT2D eigenvalue weighted by molar-refractivity contribution is 5.84. The van der Waals surface area contributed by atoms with Crippen molar-refractivity contribution in [1.29, 1.82) is 0 Å². The number of hydrogen-bond acceptors (Lipinski definition) is 3. The van der Waals surface area contributed by atoms with Crippen molar-refractivity contribution in [3.8, 4) is 0 Å². The molecule has 1 atom stereocenters. The molecule has 3 N–H and O–H groups in total. The Bertz CT molecular complexity index is 241. The molecule has 17 heavy (non-hydrogen) atoms. The van der Waals surface area contributed by atoms with Crippen LogP contribution in [-0.2, 0) is 4.79 Å². The van der Waals surface area contributed by atoms with E-state index in [2.05, 4.69) is 31.1 Å². The van der Waals surface area contributed by atoms with Crippen LogP contribution >= 0.6 is 0 Å². The topological polar surface area (TPSA) is 58.4 Å². The summed E-state index contributed by atoms with van der Waals surface area (Å²) < 4.78 is 0. The van der Waals surface area contributed by atoms with Gasteiger partial charge in [0.1, 0.15) is 0 Å². The molecule has 0 aliphatic carbocycles. The molecule has 0 spiro atoms. The van der Waals surface area contributed by atoms with Crippen LogP contribution in [0, 0.1) is 0 Å². The van der Waals surface area contributed by atoms with E-state index in [4.69, 9.17) is 5.73 Å². The second kappa shape index (κ2) is 6.97. The third-order valence-electron chi connectivity index (χ3n) is 3.22. The third-order valence-corrected chi connectivity index (χ3v) is 3.22. The average Bonchev–Trinajstić information content (AvgIpc) is 2.15. The third kappa shape index (κ3) is 6.03. The van der Waals surface area contributed by atoms with Crippen molar-refractivity contribution >= 4 is 5.91 Å². The van der Waals surface area contributed by atoms with Crippen molar-refractivity contribution in [2.24, 2.45) is 5.73 Å². The summed E-state index contributed by atoms with van der Waals surface area (Å²) >= 11 is 0. The number of nitrogens with zero attached hydrogens (tertiary/aromatic N) is 1. The van der Waals surface area contributed by atoms with Gasteiger partial charge in [0.15, 0.2) is 0 Å². The summed E-state index contributed by atoms with van der Waals surface area (Å²) in [6, 6.07) is 0.795. The Hall–Kier alpha value is -0.610. The molecule has 0 heterocycles. The molecule has 0 saturated carbocycles. The van der Waals surface area contributed by atoms with Crippen LogP contribution in [0.1, 0.15) is 47.5 Å². The lowest BCUT2D eigenvalue weighted by Gasteiger charge is -2.31. The molecule has 0 radical (unpaired) electrons. The summed E-state index contributed by atoms with van der Waals surface area (Å²) in [6.45, 7) is 11.3. The van der Waals surface area contributed by atoms with Crippen molar-refractivity contribution in [3.63, 3.8) is 0 Å². The Morgan fingerprint density at radius 3 is 2.24 bits per heavy atom. The van der Waals surface area contributed by atoms with Crippen LogP contribution < -0.4 is 11.1 Å². The van der Waals surface area contributed by atoms with Crippen molar-refractivity contribution in [2.45, 2.75) is 65.1 Å². The lowest BCUT2D eigenvalue weighted by Crippen LogP contribution is -2.55. The van der Waals surface area contributed by atoms with E-state index in [1.807, 2.05) is 20.8 Å². The zero-order valence-corrected chi connectivity index (χ0v) is 12.2. The van der Waals surface area contributed by atoms with Gasteiger partial charge in [-0.15, -0.1) is 0 Å². The lowest BCUT2D eigenvalue weighted by molar-refractivity contribution is -0.124. The van der Waals surface area contributed by atoms with Gasteiger partial charge in [0.25, 0.3) is 0 Å². The molecule has 0 aliphatic heterocycles. The van der Waals surface area contributed by atoms with Crippen LogP contribution in [0.5, 0.6) is 0 Å². The first kappa shape index (κ1) is 16.4. The van der Waals surface area contributed by atoms with E-state index in [1.54, 1.807) is 0 Å². The Balaban J connectivity index is 4.23. The predicted molar refractivity (Wildman–Crippen MR) is 72.9 cm³/mol. The second-order valence-electron chi connectivity index (χ2n) is 5.67. The number of nitrogens with two attached hydrogens (primary N) is 1. The Labute approximate surface area is 106 Å². The highest BCUT2D eigenvalue weighted by Gasteiger charge is 2.30. The maximum Gasteiger partial charge on any atom is 0.237 e. The van der Waals surface area contributed by atoms with Crippen LogP contribution in [0.25, 0.3) is 0 Å². The minimum absolute atomic E-state index is 0.260. The number of primary amides is 1. The zero-order chi connectivity index (χ0) is 13.6. The fourth-order valence-electron chi connectivity index (χ4n) is 1.84. The van der Waals surface area contributed by atoms with E-state index in [1.165, 1.54) is 0 Å². The number of carbonyl (C=O) groups is 1. The minimum atomic E-state index is -0.591. The number of amides is 1. The molecule has 0 rings (SSSR count). The normalized spacial score (nSPS) is 15.6. The molecule has 0 aromatic heterocycles. The average molecular weight is 243 g/mol. The van der Waals surface area contributed by atoms with E-state index in [0.717, 1.165) is 19.4 Å². The number of nitrogens with one attached hydrogen (secondary N) is 1. The van der Waals surface area contributed by atoms with Crippen LogP contribution in [-0.4, -0.2) is 42.0 Å². The largest absolute Gasteiger partial charge is 0.368 e. The Morgan fingerprint density at radius 1 is 1.35 bits per heavy atom. The number of hydrogen-bond donors (Lipinski definition) is 2. The van der Waals surface area contributed by atoms with Gasteiger partial charge in [-0.3, -0.25) is 4.79 Å². The van der Waals surface area contributed by atoms with E-state index in [-0.39, 0.29) is 11.9 Å². The first-order valence-electron chi connectivity index (χ1n) is 6.47. The summed E-state index contributed by atoms with van der Waals surface area (Å²) in [6.07, 6.45) is 1.74. The van der Waals surface area contributed by atoms with Crippen LogP contribution in [0.3, 0.4) is 0 Å². The first-order valence-corrected chi connectivity index (χ1v) is 6.47. The molecule has 102 valence electrons.